The number of carbonyl (C=O) groups is 2. The van der Waals surface area contributed by atoms with Crippen LogP contribution in [0.5, 0.6) is 0 Å². The number of carbonyl (C=O) groups excluding carboxylic acids is 1. The highest BCUT2D eigenvalue weighted by atomic mass is 16.4. The lowest BCUT2D eigenvalue weighted by molar-refractivity contribution is -0.138. The summed E-state index contributed by atoms with van der Waals surface area (Å²) in [6.45, 7) is 6.80. The Morgan fingerprint density at radius 1 is 1.37 bits per heavy atom. The van der Waals surface area contributed by atoms with Gasteiger partial charge in [-0.25, -0.2) is 0 Å². The van der Waals surface area contributed by atoms with Crippen molar-refractivity contribution < 1.29 is 14.7 Å². The van der Waals surface area contributed by atoms with E-state index in [2.05, 4.69) is 19.2 Å². The van der Waals surface area contributed by atoms with E-state index in [4.69, 9.17) is 5.11 Å². The number of rotatable bonds is 6. The molecule has 0 radical (unpaired) electrons. The van der Waals surface area contributed by atoms with Gasteiger partial charge >= 0.3 is 5.97 Å². The number of amides is 1. The van der Waals surface area contributed by atoms with Crippen LogP contribution in [0.15, 0.2) is 0 Å². The molecule has 0 aromatic carbocycles. The van der Waals surface area contributed by atoms with E-state index in [0.717, 1.165) is 6.42 Å². The molecule has 4 heteroatoms. The third-order valence-corrected chi connectivity index (χ3v) is 4.33. The molecule has 0 aliphatic heterocycles. The summed E-state index contributed by atoms with van der Waals surface area (Å²) >= 11 is 0. The summed E-state index contributed by atoms with van der Waals surface area (Å²) in [4.78, 5) is 22.5. The zero-order chi connectivity index (χ0) is 14.5. The van der Waals surface area contributed by atoms with E-state index in [9.17, 15) is 9.59 Å². The van der Waals surface area contributed by atoms with Crippen molar-refractivity contribution in [2.24, 2.45) is 17.3 Å². The average molecular weight is 269 g/mol. The minimum absolute atomic E-state index is 0.0131. The number of carboxylic acids is 1. The zero-order valence-electron chi connectivity index (χ0n) is 12.4. The second kappa shape index (κ2) is 6.92. The van der Waals surface area contributed by atoms with Crippen LogP contribution < -0.4 is 5.32 Å². The molecule has 0 bridgehead atoms. The van der Waals surface area contributed by atoms with Crippen LogP contribution >= 0.6 is 0 Å². The molecule has 0 heterocycles. The highest BCUT2D eigenvalue weighted by Gasteiger charge is 2.33. The Hall–Kier alpha value is -1.06. The van der Waals surface area contributed by atoms with E-state index < -0.39 is 5.97 Å². The summed E-state index contributed by atoms with van der Waals surface area (Å²) < 4.78 is 0. The Kier molecular flexibility index (Phi) is 5.83. The highest BCUT2D eigenvalue weighted by molar-refractivity contribution is 5.76. The Labute approximate surface area is 116 Å². The number of hydrogen-bond donors (Lipinski definition) is 2. The maximum absolute atomic E-state index is 11.9. The van der Waals surface area contributed by atoms with Crippen molar-refractivity contribution in [1.82, 2.24) is 5.32 Å². The Morgan fingerprint density at radius 3 is 2.63 bits per heavy atom. The molecule has 4 nitrogen and oxygen atoms in total. The van der Waals surface area contributed by atoms with E-state index in [-0.39, 0.29) is 23.7 Å². The van der Waals surface area contributed by atoms with E-state index in [1.807, 2.05) is 6.92 Å². The van der Waals surface area contributed by atoms with Gasteiger partial charge in [-0.15, -0.1) is 0 Å². The van der Waals surface area contributed by atoms with Crippen molar-refractivity contribution in [3.63, 3.8) is 0 Å². The largest absolute Gasteiger partial charge is 0.481 e. The summed E-state index contributed by atoms with van der Waals surface area (Å²) in [5, 5.41) is 11.5. The van der Waals surface area contributed by atoms with Crippen molar-refractivity contribution in [3.05, 3.63) is 0 Å². The monoisotopic (exact) mass is 269 g/mol. The molecule has 0 saturated heterocycles. The minimum atomic E-state index is -0.810. The van der Waals surface area contributed by atoms with Crippen LogP contribution in [-0.2, 0) is 9.59 Å². The Morgan fingerprint density at radius 2 is 2.05 bits per heavy atom. The molecule has 1 aliphatic carbocycles. The van der Waals surface area contributed by atoms with Crippen molar-refractivity contribution in [2.45, 2.75) is 59.3 Å². The summed E-state index contributed by atoms with van der Waals surface area (Å²) in [5.41, 5.74) is 0.252. The lowest BCUT2D eigenvalue weighted by atomic mass is 9.67. The first-order chi connectivity index (χ1) is 8.81. The SMILES string of the molecule is CC(CNC(=O)CC1CCCCC1(C)C)CC(=O)O. The summed E-state index contributed by atoms with van der Waals surface area (Å²) in [5.74, 6) is -0.302. The smallest absolute Gasteiger partial charge is 0.303 e. The van der Waals surface area contributed by atoms with Gasteiger partial charge in [0.2, 0.25) is 5.91 Å². The number of hydrogen-bond acceptors (Lipinski definition) is 2. The Balaban J connectivity index is 2.32. The minimum Gasteiger partial charge on any atom is -0.481 e. The number of aliphatic carboxylic acids is 1. The quantitative estimate of drug-likeness (QED) is 0.779. The molecule has 0 aromatic heterocycles. The van der Waals surface area contributed by atoms with Crippen molar-refractivity contribution in [2.75, 3.05) is 6.54 Å². The van der Waals surface area contributed by atoms with E-state index >= 15 is 0 Å². The first kappa shape index (κ1) is 16.0. The predicted molar refractivity (Wildman–Crippen MR) is 74.8 cm³/mol. The van der Waals surface area contributed by atoms with Gasteiger partial charge in [0.15, 0.2) is 0 Å². The van der Waals surface area contributed by atoms with Crippen LogP contribution in [0.3, 0.4) is 0 Å². The van der Waals surface area contributed by atoms with Crippen LogP contribution in [0.1, 0.15) is 59.3 Å². The lowest BCUT2D eigenvalue weighted by Crippen LogP contribution is -2.35. The summed E-state index contributed by atoms with van der Waals surface area (Å²) in [6, 6.07) is 0. The van der Waals surface area contributed by atoms with Gasteiger partial charge in [-0.3, -0.25) is 9.59 Å². The molecule has 2 N–H and O–H groups in total. The van der Waals surface area contributed by atoms with Gasteiger partial charge < -0.3 is 10.4 Å². The molecule has 1 amide bonds. The molecular formula is C15H27NO3. The molecule has 1 saturated carbocycles. The molecule has 110 valence electrons. The average Bonchev–Trinajstić information content (AvgIpc) is 2.28. The normalized spacial score (nSPS) is 23.6. The van der Waals surface area contributed by atoms with Gasteiger partial charge in [0, 0.05) is 19.4 Å². The standard InChI is InChI=1S/C15H27NO3/c1-11(8-14(18)19)10-16-13(17)9-12-6-4-5-7-15(12,2)3/h11-12H,4-10H2,1-3H3,(H,16,17)(H,18,19). The molecule has 0 spiro atoms. The number of nitrogens with one attached hydrogen (secondary N) is 1. The van der Waals surface area contributed by atoms with Gasteiger partial charge in [0.25, 0.3) is 0 Å². The second-order valence-corrected chi connectivity index (χ2v) is 6.64. The molecule has 1 rings (SSSR count). The summed E-state index contributed by atoms with van der Waals surface area (Å²) in [7, 11) is 0. The van der Waals surface area contributed by atoms with Crippen LogP contribution in [0.4, 0.5) is 0 Å². The van der Waals surface area contributed by atoms with Crippen molar-refractivity contribution in [1.29, 1.82) is 0 Å². The van der Waals surface area contributed by atoms with Gasteiger partial charge in [-0.05, 0) is 30.1 Å². The fourth-order valence-electron chi connectivity index (χ4n) is 2.90. The second-order valence-electron chi connectivity index (χ2n) is 6.64. The topological polar surface area (TPSA) is 66.4 Å². The molecule has 1 aliphatic rings. The fraction of sp³-hybridized carbons (Fsp3) is 0.867. The summed E-state index contributed by atoms with van der Waals surface area (Å²) in [6.07, 6.45) is 5.49. The van der Waals surface area contributed by atoms with Crippen LogP contribution in [0, 0.1) is 17.3 Å². The van der Waals surface area contributed by atoms with E-state index in [0.29, 0.717) is 18.9 Å². The molecule has 1 fully saturated rings. The Bertz CT molecular complexity index is 325. The first-order valence-electron chi connectivity index (χ1n) is 7.30. The van der Waals surface area contributed by atoms with Crippen LogP contribution in [0.2, 0.25) is 0 Å². The molecule has 0 aromatic rings. The zero-order valence-corrected chi connectivity index (χ0v) is 12.4. The van der Waals surface area contributed by atoms with Crippen molar-refractivity contribution in [3.8, 4) is 0 Å². The third-order valence-electron chi connectivity index (χ3n) is 4.33. The maximum atomic E-state index is 11.9. The van der Waals surface area contributed by atoms with Gasteiger partial charge in [-0.1, -0.05) is 33.6 Å². The fourth-order valence-corrected chi connectivity index (χ4v) is 2.90. The van der Waals surface area contributed by atoms with E-state index in [1.54, 1.807) is 0 Å². The van der Waals surface area contributed by atoms with Gasteiger partial charge in [0.05, 0.1) is 0 Å². The molecule has 2 atom stereocenters. The highest BCUT2D eigenvalue weighted by Crippen LogP contribution is 2.42. The molecule has 2 unspecified atom stereocenters. The number of carboxylic acid groups (broad SMARTS) is 1. The van der Waals surface area contributed by atoms with Crippen LogP contribution in [-0.4, -0.2) is 23.5 Å². The maximum Gasteiger partial charge on any atom is 0.303 e. The van der Waals surface area contributed by atoms with Crippen molar-refractivity contribution >= 4 is 11.9 Å². The molecule has 19 heavy (non-hydrogen) atoms. The van der Waals surface area contributed by atoms with Crippen LogP contribution in [0.25, 0.3) is 0 Å². The predicted octanol–water partition coefficient (Wildman–Crippen LogP) is 2.82. The lowest BCUT2D eigenvalue weighted by Gasteiger charge is -2.38. The first-order valence-corrected chi connectivity index (χ1v) is 7.30. The third kappa shape index (κ3) is 5.62. The van der Waals surface area contributed by atoms with E-state index in [1.165, 1.54) is 19.3 Å². The van der Waals surface area contributed by atoms with Gasteiger partial charge in [0.1, 0.15) is 0 Å². The molecular weight excluding hydrogens is 242 g/mol. The van der Waals surface area contributed by atoms with Gasteiger partial charge in [-0.2, -0.15) is 0 Å².